The third kappa shape index (κ3) is 5.56. The number of rotatable bonds is 7. The van der Waals surface area contributed by atoms with E-state index in [2.05, 4.69) is 5.32 Å². The number of benzene rings is 1. The smallest absolute Gasteiger partial charge is 0.347 e. The fourth-order valence-corrected chi connectivity index (χ4v) is 2.20. The Kier molecular flexibility index (Phi) is 6.58. The van der Waals surface area contributed by atoms with Crippen LogP contribution in [0.3, 0.4) is 0 Å². The van der Waals surface area contributed by atoms with Crippen LogP contribution in [0.4, 0.5) is 0 Å². The lowest BCUT2D eigenvalue weighted by Gasteiger charge is -2.14. The lowest BCUT2D eigenvalue weighted by atomic mass is 10.2. The van der Waals surface area contributed by atoms with Crippen molar-refractivity contribution < 1.29 is 23.8 Å². The zero-order valence-electron chi connectivity index (χ0n) is 13.5. The number of carbonyl (C=O) groups excluding carboxylic acids is 2. The summed E-state index contributed by atoms with van der Waals surface area (Å²) in [6.07, 6.45) is 1.11. The third-order valence-corrected chi connectivity index (χ3v) is 3.52. The third-order valence-electron chi connectivity index (χ3n) is 3.52. The van der Waals surface area contributed by atoms with E-state index in [1.165, 1.54) is 6.92 Å². The number of nitrogens with one attached hydrogen (secondary N) is 1. The minimum Gasteiger partial charge on any atom is -0.479 e. The minimum absolute atomic E-state index is 0.0447. The Balaban J connectivity index is 1.68. The van der Waals surface area contributed by atoms with E-state index in [1.54, 1.807) is 24.3 Å². The Hall–Kier alpha value is -2.59. The highest BCUT2D eigenvalue weighted by molar-refractivity contribution is 5.82. The SMILES string of the molecule is C[C@@H](Oc1ccc(C#N)cc1)C(=O)OCC(=O)NC[C@@H]1CCCO1. The van der Waals surface area contributed by atoms with E-state index in [4.69, 9.17) is 19.5 Å². The monoisotopic (exact) mass is 332 g/mol. The minimum atomic E-state index is -0.857. The molecule has 1 aliphatic rings. The summed E-state index contributed by atoms with van der Waals surface area (Å²) in [6.45, 7) is 2.32. The van der Waals surface area contributed by atoms with E-state index < -0.39 is 12.1 Å². The molecule has 1 aliphatic heterocycles. The molecule has 2 rings (SSSR count). The number of amides is 1. The van der Waals surface area contributed by atoms with Gasteiger partial charge in [0.1, 0.15) is 5.75 Å². The number of hydrogen-bond acceptors (Lipinski definition) is 6. The second-order valence-corrected chi connectivity index (χ2v) is 5.44. The van der Waals surface area contributed by atoms with Gasteiger partial charge in [-0.05, 0) is 44.0 Å². The van der Waals surface area contributed by atoms with Crippen LogP contribution >= 0.6 is 0 Å². The molecule has 0 aromatic heterocycles. The molecule has 1 aromatic carbocycles. The Morgan fingerprint density at radius 2 is 2.17 bits per heavy atom. The second kappa shape index (κ2) is 8.89. The number of carbonyl (C=O) groups is 2. The fourth-order valence-electron chi connectivity index (χ4n) is 2.20. The maximum absolute atomic E-state index is 11.8. The van der Waals surface area contributed by atoms with Crippen molar-refractivity contribution in [2.24, 2.45) is 0 Å². The number of nitrogens with zero attached hydrogens (tertiary/aromatic N) is 1. The lowest BCUT2D eigenvalue weighted by Crippen LogP contribution is -2.36. The summed E-state index contributed by atoms with van der Waals surface area (Å²) < 4.78 is 15.7. The van der Waals surface area contributed by atoms with Crippen LogP contribution in [0.15, 0.2) is 24.3 Å². The topological polar surface area (TPSA) is 97.6 Å². The summed E-state index contributed by atoms with van der Waals surface area (Å²) in [5.41, 5.74) is 0.500. The Bertz CT molecular complexity index is 602. The normalized spacial score (nSPS) is 17.6. The van der Waals surface area contributed by atoms with Crippen LogP contribution < -0.4 is 10.1 Å². The summed E-state index contributed by atoms with van der Waals surface area (Å²) in [5, 5.41) is 11.4. The van der Waals surface area contributed by atoms with Crippen molar-refractivity contribution in [2.75, 3.05) is 19.8 Å². The molecule has 1 heterocycles. The van der Waals surface area contributed by atoms with Crippen molar-refractivity contribution in [1.29, 1.82) is 5.26 Å². The van der Waals surface area contributed by atoms with E-state index in [1.807, 2.05) is 6.07 Å². The largest absolute Gasteiger partial charge is 0.479 e. The van der Waals surface area contributed by atoms with Gasteiger partial charge in [-0.25, -0.2) is 4.79 Å². The van der Waals surface area contributed by atoms with Gasteiger partial charge in [0.25, 0.3) is 5.91 Å². The van der Waals surface area contributed by atoms with Gasteiger partial charge in [-0.3, -0.25) is 4.79 Å². The molecule has 7 nitrogen and oxygen atoms in total. The standard InChI is InChI=1S/C17H20N2O5/c1-12(24-14-6-4-13(9-18)5-7-14)17(21)23-11-16(20)19-10-15-3-2-8-22-15/h4-7,12,15H,2-3,8,10-11H2,1H3,(H,19,20)/t12-,15+/m1/s1. The molecule has 1 fully saturated rings. The van der Waals surface area contributed by atoms with E-state index in [0.717, 1.165) is 19.4 Å². The number of ether oxygens (including phenoxy) is 3. The van der Waals surface area contributed by atoms with Crippen molar-refractivity contribution >= 4 is 11.9 Å². The summed E-state index contributed by atoms with van der Waals surface area (Å²) in [7, 11) is 0. The van der Waals surface area contributed by atoms with Gasteiger partial charge < -0.3 is 19.5 Å². The first-order valence-electron chi connectivity index (χ1n) is 7.80. The van der Waals surface area contributed by atoms with E-state index in [9.17, 15) is 9.59 Å². The van der Waals surface area contributed by atoms with Crippen LogP contribution in [0.25, 0.3) is 0 Å². The van der Waals surface area contributed by atoms with Crippen molar-refractivity contribution in [1.82, 2.24) is 5.32 Å². The first-order chi connectivity index (χ1) is 11.6. The Morgan fingerprint density at radius 1 is 1.42 bits per heavy atom. The van der Waals surface area contributed by atoms with E-state index >= 15 is 0 Å². The maximum Gasteiger partial charge on any atom is 0.347 e. The van der Waals surface area contributed by atoms with E-state index in [-0.39, 0.29) is 18.6 Å². The molecule has 1 N–H and O–H groups in total. The van der Waals surface area contributed by atoms with Gasteiger partial charge in [-0.2, -0.15) is 5.26 Å². The first kappa shape index (κ1) is 17.8. The number of hydrogen-bond donors (Lipinski definition) is 1. The van der Waals surface area contributed by atoms with Gasteiger partial charge >= 0.3 is 5.97 Å². The molecule has 0 radical (unpaired) electrons. The van der Waals surface area contributed by atoms with Crippen LogP contribution in [-0.4, -0.2) is 43.8 Å². The highest BCUT2D eigenvalue weighted by Crippen LogP contribution is 2.14. The summed E-state index contributed by atoms with van der Waals surface area (Å²) in [5.74, 6) is -0.558. The second-order valence-electron chi connectivity index (χ2n) is 5.44. The van der Waals surface area contributed by atoms with Gasteiger partial charge in [0.2, 0.25) is 0 Å². The summed E-state index contributed by atoms with van der Waals surface area (Å²) in [6, 6.07) is 8.36. The Labute approximate surface area is 140 Å². The van der Waals surface area contributed by atoms with Crippen LogP contribution in [0.2, 0.25) is 0 Å². The van der Waals surface area contributed by atoms with Crippen molar-refractivity contribution in [3.63, 3.8) is 0 Å². The number of esters is 1. The molecule has 0 bridgehead atoms. The van der Waals surface area contributed by atoms with E-state index in [0.29, 0.717) is 17.9 Å². The molecule has 128 valence electrons. The molecule has 0 saturated carbocycles. The Morgan fingerprint density at radius 3 is 2.79 bits per heavy atom. The lowest BCUT2D eigenvalue weighted by molar-refractivity contribution is -0.154. The van der Waals surface area contributed by atoms with Crippen LogP contribution in [0.5, 0.6) is 5.75 Å². The molecule has 1 amide bonds. The molecule has 0 unspecified atom stereocenters. The molecular formula is C17H20N2O5. The fraction of sp³-hybridized carbons (Fsp3) is 0.471. The highest BCUT2D eigenvalue weighted by atomic mass is 16.6. The van der Waals surface area contributed by atoms with Gasteiger partial charge in [0.15, 0.2) is 12.7 Å². The van der Waals surface area contributed by atoms with Crippen molar-refractivity contribution in [2.45, 2.75) is 32.0 Å². The van der Waals surface area contributed by atoms with Gasteiger partial charge in [-0.15, -0.1) is 0 Å². The molecule has 2 atom stereocenters. The zero-order valence-corrected chi connectivity index (χ0v) is 13.5. The molecule has 1 aromatic rings. The first-order valence-corrected chi connectivity index (χ1v) is 7.80. The predicted octanol–water partition coefficient (Wildman–Crippen LogP) is 1.16. The quantitative estimate of drug-likeness (QED) is 0.753. The average Bonchev–Trinajstić information content (AvgIpc) is 3.12. The van der Waals surface area contributed by atoms with Gasteiger partial charge in [-0.1, -0.05) is 0 Å². The molecule has 0 spiro atoms. The summed E-state index contributed by atoms with van der Waals surface area (Å²) in [4.78, 5) is 23.5. The summed E-state index contributed by atoms with van der Waals surface area (Å²) >= 11 is 0. The zero-order chi connectivity index (χ0) is 17.4. The highest BCUT2D eigenvalue weighted by Gasteiger charge is 2.19. The molecule has 24 heavy (non-hydrogen) atoms. The molecule has 1 saturated heterocycles. The van der Waals surface area contributed by atoms with Crippen molar-refractivity contribution in [3.05, 3.63) is 29.8 Å². The maximum atomic E-state index is 11.8. The van der Waals surface area contributed by atoms with Crippen LogP contribution in [-0.2, 0) is 19.1 Å². The van der Waals surface area contributed by atoms with Crippen molar-refractivity contribution in [3.8, 4) is 11.8 Å². The predicted molar refractivity (Wildman–Crippen MR) is 84.2 cm³/mol. The molecule has 0 aliphatic carbocycles. The molecule has 7 heteroatoms. The number of nitriles is 1. The van der Waals surface area contributed by atoms with Crippen LogP contribution in [0.1, 0.15) is 25.3 Å². The van der Waals surface area contributed by atoms with Crippen LogP contribution in [0, 0.1) is 11.3 Å². The van der Waals surface area contributed by atoms with Gasteiger partial charge in [0.05, 0.1) is 17.7 Å². The van der Waals surface area contributed by atoms with Gasteiger partial charge in [0, 0.05) is 13.2 Å². The average molecular weight is 332 g/mol. The molecular weight excluding hydrogens is 312 g/mol.